The predicted octanol–water partition coefficient (Wildman–Crippen LogP) is 5.55. The number of anilines is 1. The first kappa shape index (κ1) is 25.4. The summed E-state index contributed by atoms with van der Waals surface area (Å²) in [6, 6.07) is 18.3. The maximum Gasteiger partial charge on any atom is 0.243 e. The van der Waals surface area contributed by atoms with Gasteiger partial charge in [-0.1, -0.05) is 37.3 Å². The summed E-state index contributed by atoms with van der Waals surface area (Å²) in [5.74, 6) is 1.21. The molecule has 0 radical (unpaired) electrons. The van der Waals surface area contributed by atoms with Gasteiger partial charge in [0, 0.05) is 19.6 Å². The number of rotatable bonds is 8. The fourth-order valence-corrected chi connectivity index (χ4v) is 7.08. The second-order valence-corrected chi connectivity index (χ2v) is 11.9. The molecule has 5 rings (SSSR count). The van der Waals surface area contributed by atoms with Gasteiger partial charge in [-0.2, -0.15) is 4.31 Å². The highest BCUT2D eigenvalue weighted by atomic mass is 32.2. The molecular formula is C29H35N3O4S. The van der Waals surface area contributed by atoms with Gasteiger partial charge >= 0.3 is 0 Å². The van der Waals surface area contributed by atoms with Gasteiger partial charge in [0.1, 0.15) is 11.6 Å². The molecule has 8 heteroatoms. The molecule has 1 aliphatic carbocycles. The Balaban J connectivity index is 0.00000336. The first-order valence-corrected chi connectivity index (χ1v) is 14.3. The molecule has 1 saturated carbocycles. The van der Waals surface area contributed by atoms with Crippen molar-refractivity contribution in [1.82, 2.24) is 9.29 Å². The van der Waals surface area contributed by atoms with Crippen LogP contribution in [0, 0.1) is 6.92 Å². The summed E-state index contributed by atoms with van der Waals surface area (Å²) in [7, 11) is -1.88. The van der Waals surface area contributed by atoms with Crippen LogP contribution in [0.2, 0.25) is 0 Å². The maximum absolute atomic E-state index is 13.3. The minimum Gasteiger partial charge on any atom is -0.496 e. The van der Waals surface area contributed by atoms with E-state index in [1.165, 1.54) is 0 Å². The highest BCUT2D eigenvalue weighted by molar-refractivity contribution is 7.89. The van der Waals surface area contributed by atoms with Crippen molar-refractivity contribution in [3.8, 4) is 17.0 Å². The van der Waals surface area contributed by atoms with Crippen LogP contribution in [0.1, 0.15) is 51.6 Å². The number of ether oxygens (including phenoxy) is 1. The third-order valence-electron chi connectivity index (χ3n) is 7.67. The van der Waals surface area contributed by atoms with E-state index in [1.54, 1.807) is 41.7 Å². The maximum atomic E-state index is 13.3. The van der Waals surface area contributed by atoms with Crippen molar-refractivity contribution in [2.24, 2.45) is 0 Å². The number of benzene rings is 2. The number of methoxy groups -OCH3 is 1. The number of aryl methyl sites for hydroxylation is 1. The van der Waals surface area contributed by atoms with Crippen LogP contribution in [0.25, 0.3) is 11.3 Å². The fourth-order valence-electron chi connectivity index (χ4n) is 5.32. The number of carbonyl (C=O) groups is 1. The van der Waals surface area contributed by atoms with Crippen molar-refractivity contribution < 1.29 is 19.4 Å². The molecule has 1 amide bonds. The Bertz CT molecular complexity index is 1420. The zero-order chi connectivity index (χ0) is 26.2. The minimum absolute atomic E-state index is 0. The molecule has 0 bridgehead atoms. The van der Waals surface area contributed by atoms with E-state index in [0.29, 0.717) is 23.0 Å². The zero-order valence-corrected chi connectivity index (χ0v) is 22.3. The summed E-state index contributed by atoms with van der Waals surface area (Å²) >= 11 is 0. The molecule has 196 valence electrons. The van der Waals surface area contributed by atoms with Crippen molar-refractivity contribution in [3.63, 3.8) is 0 Å². The highest BCUT2D eigenvalue weighted by Gasteiger charge is 2.51. The fraction of sp³-hybridized carbons (Fsp3) is 0.379. The Hall–Kier alpha value is -3.23. The normalized spacial score (nSPS) is 18.9. The largest absolute Gasteiger partial charge is 0.496 e. The van der Waals surface area contributed by atoms with E-state index in [-0.39, 0.29) is 13.4 Å². The number of hydrogen-bond acceptors (Lipinski definition) is 5. The molecule has 37 heavy (non-hydrogen) atoms. The van der Waals surface area contributed by atoms with Crippen LogP contribution in [-0.4, -0.2) is 43.3 Å². The molecule has 0 spiro atoms. The van der Waals surface area contributed by atoms with Gasteiger partial charge in [0.15, 0.2) is 0 Å². The number of carbonyl (C=O) groups excluding carboxylic acids is 1. The standard InChI is InChI=1S/C29H33N3O4S.H2/c1-4-23-7-6-18-32(23)37(34,35)24-13-10-21(11-14-24)25-8-5-9-27(30-25)31-28(33)29(16-17-29)22-12-15-26(36-3)20(2)19-22;/h5,8-15,19,23H,4,6-7,16-18H2,1-3H3,(H,30,31,33);1H/t23-;/m0./s1. The molecule has 3 aromatic rings. The van der Waals surface area contributed by atoms with Gasteiger partial charge in [-0.3, -0.25) is 4.79 Å². The zero-order valence-electron chi connectivity index (χ0n) is 21.5. The number of amides is 1. The van der Waals surface area contributed by atoms with E-state index in [9.17, 15) is 13.2 Å². The number of sulfonamides is 1. The molecule has 1 saturated heterocycles. The van der Waals surface area contributed by atoms with Gasteiger partial charge in [-0.05, 0) is 80.5 Å². The van der Waals surface area contributed by atoms with Crippen LogP contribution < -0.4 is 10.1 Å². The molecule has 2 aromatic carbocycles. The number of nitrogens with one attached hydrogen (secondary N) is 1. The molecule has 7 nitrogen and oxygen atoms in total. The Morgan fingerprint density at radius 3 is 2.57 bits per heavy atom. The van der Waals surface area contributed by atoms with Gasteiger partial charge in [0.25, 0.3) is 0 Å². The van der Waals surface area contributed by atoms with Gasteiger partial charge in [0.05, 0.1) is 23.1 Å². The molecular weight excluding hydrogens is 486 g/mol. The average Bonchev–Trinajstić information content (AvgIpc) is 3.58. The summed E-state index contributed by atoms with van der Waals surface area (Å²) in [4.78, 5) is 18.2. The number of nitrogens with zero attached hydrogens (tertiary/aromatic N) is 2. The SMILES string of the molecule is CC[C@H]1CCCN1S(=O)(=O)c1ccc(-c2cccc(NC(=O)C3(c4ccc(OC)c(C)c4)CC3)n2)cc1.[HH]. The summed E-state index contributed by atoms with van der Waals surface area (Å²) in [5.41, 5.74) is 2.89. The smallest absolute Gasteiger partial charge is 0.243 e. The first-order chi connectivity index (χ1) is 17.8. The van der Waals surface area contributed by atoms with Crippen LogP contribution in [0.15, 0.2) is 65.6 Å². The lowest BCUT2D eigenvalue weighted by Gasteiger charge is -2.23. The van der Waals surface area contributed by atoms with E-state index in [0.717, 1.165) is 54.5 Å². The summed E-state index contributed by atoms with van der Waals surface area (Å²) < 4.78 is 33.3. The molecule has 2 heterocycles. The first-order valence-electron chi connectivity index (χ1n) is 12.8. The molecule has 1 atom stereocenters. The van der Waals surface area contributed by atoms with Crippen molar-refractivity contribution in [1.29, 1.82) is 0 Å². The Kier molecular flexibility index (Phi) is 6.81. The van der Waals surface area contributed by atoms with Crippen molar-refractivity contribution in [2.45, 2.75) is 62.3 Å². The van der Waals surface area contributed by atoms with E-state index < -0.39 is 15.4 Å². The number of hydrogen-bond donors (Lipinski definition) is 1. The van der Waals surface area contributed by atoms with Crippen molar-refractivity contribution in [2.75, 3.05) is 19.0 Å². The quantitative estimate of drug-likeness (QED) is 0.420. The van der Waals surface area contributed by atoms with Gasteiger partial charge in [-0.15, -0.1) is 0 Å². The number of pyridine rings is 1. The van der Waals surface area contributed by atoms with Crippen LogP contribution in [0.5, 0.6) is 5.75 Å². The monoisotopic (exact) mass is 521 g/mol. The lowest BCUT2D eigenvalue weighted by Crippen LogP contribution is -2.35. The lowest BCUT2D eigenvalue weighted by molar-refractivity contribution is -0.118. The van der Waals surface area contributed by atoms with Crippen LogP contribution >= 0.6 is 0 Å². The molecule has 0 unspecified atom stereocenters. The minimum atomic E-state index is -3.52. The topological polar surface area (TPSA) is 88.6 Å². The van der Waals surface area contributed by atoms with Crippen molar-refractivity contribution in [3.05, 3.63) is 71.8 Å². The Labute approximate surface area is 220 Å². The highest BCUT2D eigenvalue weighted by Crippen LogP contribution is 2.49. The van der Waals surface area contributed by atoms with E-state index in [1.807, 2.05) is 44.2 Å². The molecule has 2 fully saturated rings. The third-order valence-corrected chi connectivity index (χ3v) is 9.64. The van der Waals surface area contributed by atoms with E-state index in [4.69, 9.17) is 4.74 Å². The summed E-state index contributed by atoms with van der Waals surface area (Å²) in [6.45, 7) is 4.58. The summed E-state index contributed by atoms with van der Waals surface area (Å²) in [6.07, 6.45) is 4.21. The van der Waals surface area contributed by atoms with E-state index >= 15 is 0 Å². The van der Waals surface area contributed by atoms with E-state index in [2.05, 4.69) is 10.3 Å². The van der Waals surface area contributed by atoms with Gasteiger partial charge < -0.3 is 10.1 Å². The van der Waals surface area contributed by atoms with Crippen molar-refractivity contribution >= 4 is 21.7 Å². The second kappa shape index (κ2) is 9.91. The Morgan fingerprint density at radius 2 is 1.92 bits per heavy atom. The molecule has 1 N–H and O–H groups in total. The lowest BCUT2D eigenvalue weighted by atomic mass is 9.93. The summed E-state index contributed by atoms with van der Waals surface area (Å²) in [5, 5.41) is 3.00. The third kappa shape index (κ3) is 4.76. The van der Waals surface area contributed by atoms with Crippen LogP contribution in [0.3, 0.4) is 0 Å². The molecule has 1 aromatic heterocycles. The van der Waals surface area contributed by atoms with Crippen LogP contribution in [-0.2, 0) is 20.2 Å². The van der Waals surface area contributed by atoms with Gasteiger partial charge in [0.2, 0.25) is 15.9 Å². The second-order valence-electron chi connectivity index (χ2n) is 9.97. The predicted molar refractivity (Wildman–Crippen MR) is 146 cm³/mol. The van der Waals surface area contributed by atoms with Gasteiger partial charge in [-0.25, -0.2) is 13.4 Å². The number of aromatic nitrogens is 1. The Morgan fingerprint density at radius 1 is 1.16 bits per heavy atom. The van der Waals surface area contributed by atoms with Crippen LogP contribution in [0.4, 0.5) is 5.82 Å². The average molecular weight is 522 g/mol. The molecule has 2 aliphatic rings. The molecule has 1 aliphatic heterocycles.